The predicted molar refractivity (Wildman–Crippen MR) is 79.6 cm³/mol. The Morgan fingerprint density at radius 1 is 1.32 bits per heavy atom. The van der Waals surface area contributed by atoms with Gasteiger partial charge in [-0.25, -0.2) is 9.78 Å². The van der Waals surface area contributed by atoms with Crippen LogP contribution in [-0.4, -0.2) is 35.2 Å². The zero-order chi connectivity index (χ0) is 15.8. The first-order valence-electron chi connectivity index (χ1n) is 7.44. The van der Waals surface area contributed by atoms with Crippen LogP contribution in [0.2, 0.25) is 0 Å². The summed E-state index contributed by atoms with van der Waals surface area (Å²) in [5.74, 6) is 0.430. The van der Waals surface area contributed by atoms with Crippen LogP contribution in [0, 0.1) is 5.92 Å². The highest BCUT2D eigenvalue weighted by Gasteiger charge is 2.21. The summed E-state index contributed by atoms with van der Waals surface area (Å²) in [6, 6.07) is 3.34. The van der Waals surface area contributed by atoms with Crippen molar-refractivity contribution in [2.24, 2.45) is 5.92 Å². The van der Waals surface area contributed by atoms with Crippen LogP contribution in [0.4, 0.5) is 4.79 Å². The second kappa shape index (κ2) is 8.21. The number of rotatable bonds is 9. The highest BCUT2D eigenvalue weighted by atomic mass is 16.5. The summed E-state index contributed by atoms with van der Waals surface area (Å²) in [6.45, 7) is 1.42. The minimum atomic E-state index is -0.864. The lowest BCUT2D eigenvalue weighted by Gasteiger charge is -2.08. The lowest BCUT2D eigenvalue weighted by Crippen LogP contribution is -2.35. The molecule has 1 aliphatic carbocycles. The molecule has 1 fully saturated rings. The summed E-state index contributed by atoms with van der Waals surface area (Å²) in [5.41, 5.74) is 0.874. The van der Waals surface area contributed by atoms with Gasteiger partial charge in [0.05, 0.1) is 6.61 Å². The molecule has 0 unspecified atom stereocenters. The Morgan fingerprint density at radius 3 is 2.77 bits per heavy atom. The zero-order valence-electron chi connectivity index (χ0n) is 12.4. The van der Waals surface area contributed by atoms with Crippen LogP contribution in [0.5, 0.6) is 5.88 Å². The number of nitrogens with zero attached hydrogens (tertiary/aromatic N) is 1. The SMILES string of the molecule is O=C(O)CCCNC(=O)NCc1ccc(OCC2CC2)nc1. The smallest absolute Gasteiger partial charge is 0.315 e. The van der Waals surface area contributed by atoms with Crippen molar-refractivity contribution in [3.8, 4) is 5.88 Å². The van der Waals surface area contributed by atoms with Gasteiger partial charge in [0.25, 0.3) is 0 Å². The van der Waals surface area contributed by atoms with Gasteiger partial charge < -0.3 is 20.5 Å². The first-order valence-corrected chi connectivity index (χ1v) is 7.44. The normalized spacial score (nSPS) is 13.5. The fourth-order valence-corrected chi connectivity index (χ4v) is 1.77. The molecule has 120 valence electrons. The van der Waals surface area contributed by atoms with E-state index in [0.717, 1.165) is 12.2 Å². The van der Waals surface area contributed by atoms with Gasteiger partial charge in [0.1, 0.15) is 0 Å². The molecular formula is C15H21N3O4. The van der Waals surface area contributed by atoms with Crippen LogP contribution in [0.25, 0.3) is 0 Å². The molecule has 3 N–H and O–H groups in total. The summed E-state index contributed by atoms with van der Waals surface area (Å²) in [4.78, 5) is 26.0. The van der Waals surface area contributed by atoms with E-state index in [0.29, 0.717) is 31.3 Å². The summed E-state index contributed by atoms with van der Waals surface area (Å²) in [6.07, 6.45) is 4.62. The van der Waals surface area contributed by atoms with Gasteiger partial charge in [0.15, 0.2) is 0 Å². The van der Waals surface area contributed by atoms with Crippen molar-refractivity contribution in [2.75, 3.05) is 13.2 Å². The van der Waals surface area contributed by atoms with Gasteiger partial charge in [-0.2, -0.15) is 0 Å². The van der Waals surface area contributed by atoms with Crippen molar-refractivity contribution in [1.29, 1.82) is 0 Å². The molecule has 0 bridgehead atoms. The standard InChI is InChI=1S/C15H21N3O4/c19-14(20)2-1-7-16-15(21)18-9-12-5-6-13(17-8-12)22-10-11-3-4-11/h5-6,8,11H,1-4,7,9-10H2,(H,19,20)(H2,16,18,21). The van der Waals surface area contributed by atoms with Crippen LogP contribution in [0.15, 0.2) is 18.3 Å². The maximum atomic E-state index is 11.5. The van der Waals surface area contributed by atoms with Gasteiger partial charge in [0.2, 0.25) is 5.88 Å². The van der Waals surface area contributed by atoms with Gasteiger partial charge in [-0.05, 0) is 30.7 Å². The number of hydrogen-bond donors (Lipinski definition) is 3. The van der Waals surface area contributed by atoms with E-state index >= 15 is 0 Å². The number of urea groups is 1. The number of aromatic nitrogens is 1. The first-order chi connectivity index (χ1) is 10.6. The fraction of sp³-hybridized carbons (Fsp3) is 0.533. The van der Waals surface area contributed by atoms with Crippen molar-refractivity contribution in [3.05, 3.63) is 23.9 Å². The van der Waals surface area contributed by atoms with E-state index in [-0.39, 0.29) is 12.5 Å². The van der Waals surface area contributed by atoms with E-state index in [9.17, 15) is 9.59 Å². The monoisotopic (exact) mass is 307 g/mol. The first kappa shape index (κ1) is 16.1. The van der Waals surface area contributed by atoms with Crippen molar-refractivity contribution >= 4 is 12.0 Å². The molecule has 1 saturated carbocycles. The van der Waals surface area contributed by atoms with Crippen molar-refractivity contribution in [3.63, 3.8) is 0 Å². The zero-order valence-corrected chi connectivity index (χ0v) is 12.4. The quantitative estimate of drug-likeness (QED) is 0.601. The molecule has 0 radical (unpaired) electrons. The molecule has 0 aromatic carbocycles. The van der Waals surface area contributed by atoms with Crippen LogP contribution >= 0.6 is 0 Å². The third kappa shape index (κ3) is 6.43. The average Bonchev–Trinajstić information content (AvgIpc) is 3.32. The third-order valence-electron chi connectivity index (χ3n) is 3.27. The minimum absolute atomic E-state index is 0.0481. The minimum Gasteiger partial charge on any atom is -0.481 e. The highest BCUT2D eigenvalue weighted by molar-refractivity contribution is 5.73. The Labute approximate surface area is 129 Å². The van der Waals surface area contributed by atoms with Crippen LogP contribution in [0.1, 0.15) is 31.2 Å². The van der Waals surface area contributed by atoms with Crippen molar-refractivity contribution in [2.45, 2.75) is 32.2 Å². The topological polar surface area (TPSA) is 101 Å². The molecule has 0 atom stereocenters. The Morgan fingerprint density at radius 2 is 2.14 bits per heavy atom. The Kier molecular flexibility index (Phi) is 6.00. The summed E-state index contributed by atoms with van der Waals surface area (Å²) < 4.78 is 5.54. The number of hydrogen-bond acceptors (Lipinski definition) is 4. The molecule has 2 rings (SSSR count). The van der Waals surface area contributed by atoms with E-state index in [4.69, 9.17) is 9.84 Å². The van der Waals surface area contributed by atoms with Crippen LogP contribution in [-0.2, 0) is 11.3 Å². The number of amides is 2. The Balaban J connectivity index is 1.60. The maximum absolute atomic E-state index is 11.5. The molecule has 2 amide bonds. The van der Waals surface area contributed by atoms with E-state index < -0.39 is 5.97 Å². The molecule has 0 aliphatic heterocycles. The number of carbonyl (C=O) groups is 2. The number of carbonyl (C=O) groups excluding carboxylic acids is 1. The molecule has 22 heavy (non-hydrogen) atoms. The van der Waals surface area contributed by atoms with E-state index in [1.165, 1.54) is 12.8 Å². The number of nitrogens with one attached hydrogen (secondary N) is 2. The van der Waals surface area contributed by atoms with E-state index in [1.807, 2.05) is 6.07 Å². The molecule has 1 aliphatic rings. The van der Waals surface area contributed by atoms with Crippen molar-refractivity contribution in [1.82, 2.24) is 15.6 Å². The summed E-state index contributed by atoms with van der Waals surface area (Å²) in [7, 11) is 0. The Hall–Kier alpha value is -2.31. The predicted octanol–water partition coefficient (Wildman–Crippen LogP) is 1.53. The van der Waals surface area contributed by atoms with Crippen LogP contribution in [0.3, 0.4) is 0 Å². The third-order valence-corrected chi connectivity index (χ3v) is 3.27. The van der Waals surface area contributed by atoms with Gasteiger partial charge in [-0.15, -0.1) is 0 Å². The summed E-state index contributed by atoms with van der Waals surface area (Å²) >= 11 is 0. The molecule has 1 heterocycles. The molecule has 7 nitrogen and oxygen atoms in total. The second-order valence-electron chi connectivity index (χ2n) is 5.37. The number of ether oxygens (including phenoxy) is 1. The van der Waals surface area contributed by atoms with E-state index in [1.54, 1.807) is 12.3 Å². The number of carboxylic acid groups (broad SMARTS) is 1. The molecule has 0 saturated heterocycles. The highest BCUT2D eigenvalue weighted by Crippen LogP contribution is 2.29. The lowest BCUT2D eigenvalue weighted by atomic mass is 10.3. The molecule has 7 heteroatoms. The molecule has 1 aromatic rings. The Bertz CT molecular complexity index is 500. The summed E-state index contributed by atoms with van der Waals surface area (Å²) in [5, 5.41) is 13.8. The van der Waals surface area contributed by atoms with Gasteiger partial charge in [-0.1, -0.05) is 6.07 Å². The number of carboxylic acids is 1. The second-order valence-corrected chi connectivity index (χ2v) is 5.37. The van der Waals surface area contributed by atoms with Crippen LogP contribution < -0.4 is 15.4 Å². The van der Waals surface area contributed by atoms with Gasteiger partial charge >= 0.3 is 12.0 Å². The van der Waals surface area contributed by atoms with Gasteiger partial charge in [-0.3, -0.25) is 4.79 Å². The lowest BCUT2D eigenvalue weighted by molar-refractivity contribution is -0.137. The van der Waals surface area contributed by atoms with Crippen molar-refractivity contribution < 1.29 is 19.4 Å². The molecular weight excluding hydrogens is 286 g/mol. The molecule has 0 spiro atoms. The van der Waals surface area contributed by atoms with Gasteiger partial charge in [0, 0.05) is 31.8 Å². The fourth-order valence-electron chi connectivity index (χ4n) is 1.77. The largest absolute Gasteiger partial charge is 0.481 e. The average molecular weight is 307 g/mol. The number of pyridine rings is 1. The maximum Gasteiger partial charge on any atom is 0.315 e. The molecule has 1 aromatic heterocycles. The number of aliphatic carboxylic acids is 1. The van der Waals surface area contributed by atoms with E-state index in [2.05, 4.69) is 15.6 Å².